The summed E-state index contributed by atoms with van der Waals surface area (Å²) < 4.78 is 15.0. The predicted octanol–water partition coefficient (Wildman–Crippen LogP) is 8.48. The maximum Gasteiger partial charge on any atom is 0.410 e. The molecule has 4 unspecified atom stereocenters. The van der Waals surface area contributed by atoms with Gasteiger partial charge in [-0.05, 0) is 115 Å². The van der Waals surface area contributed by atoms with E-state index in [1.807, 2.05) is 68.0 Å². The number of nitrogens with one attached hydrogen (secondary N) is 3. The van der Waals surface area contributed by atoms with Gasteiger partial charge in [0.1, 0.15) is 45.5 Å². The smallest absolute Gasteiger partial charge is 0.410 e. The predicted molar refractivity (Wildman–Crippen MR) is 326 cm³/mol. The van der Waals surface area contributed by atoms with Crippen LogP contribution in [-0.2, 0) is 9.47 Å². The largest absolute Gasteiger partial charge is 0.478 e. The van der Waals surface area contributed by atoms with Crippen LogP contribution in [0.3, 0.4) is 0 Å². The van der Waals surface area contributed by atoms with Crippen molar-refractivity contribution in [2.75, 3.05) is 91.2 Å². The molecule has 6 aromatic rings. The zero-order chi connectivity index (χ0) is 62.1. The van der Waals surface area contributed by atoms with E-state index in [-0.39, 0.29) is 65.0 Å². The van der Waals surface area contributed by atoms with Crippen molar-refractivity contribution in [1.29, 1.82) is 0 Å². The highest BCUT2D eigenvalue weighted by molar-refractivity contribution is 5.99. The van der Waals surface area contributed by atoms with E-state index in [9.17, 15) is 28.8 Å². The molecular weight excluding hydrogens is 1110 g/mol. The lowest BCUT2D eigenvalue weighted by Gasteiger charge is -2.26. The van der Waals surface area contributed by atoms with Crippen molar-refractivity contribution in [3.05, 3.63) is 83.7 Å². The van der Waals surface area contributed by atoms with Gasteiger partial charge in [0.15, 0.2) is 0 Å². The van der Waals surface area contributed by atoms with Gasteiger partial charge in [-0.2, -0.15) is 9.97 Å². The lowest BCUT2D eigenvalue weighted by molar-refractivity contribution is 0.0267. The molecule has 2 aliphatic carbocycles. The van der Waals surface area contributed by atoms with Crippen molar-refractivity contribution >= 4 is 81.5 Å². The molecule has 5 amide bonds. The van der Waals surface area contributed by atoms with Crippen LogP contribution in [-0.4, -0.2) is 196 Å². The number of carboxylic acid groups (broad SMARTS) is 1. The van der Waals surface area contributed by atoms with Gasteiger partial charge in [0.05, 0.1) is 11.1 Å². The molecule has 464 valence electrons. The average Bonchev–Trinajstić information content (AvgIpc) is 1.74. The fourth-order valence-corrected chi connectivity index (χ4v) is 12.6. The third-order valence-electron chi connectivity index (χ3n) is 16.7. The summed E-state index contributed by atoms with van der Waals surface area (Å²) in [5.41, 5.74) is 2.39. The fourth-order valence-electron chi connectivity index (χ4n) is 12.6. The number of hydrogen-bond acceptors (Lipinski definition) is 17. The number of rotatable bonds is 10. The number of carbonyl (C=O) groups is 6. The van der Waals surface area contributed by atoms with Crippen LogP contribution in [0.15, 0.2) is 61.2 Å². The van der Waals surface area contributed by atoms with Gasteiger partial charge >= 0.3 is 18.2 Å². The maximum atomic E-state index is 13.3. The van der Waals surface area contributed by atoms with Crippen LogP contribution in [0.2, 0.25) is 0 Å². The number of aromatic nitrogens is 8. The van der Waals surface area contributed by atoms with Crippen LogP contribution < -0.4 is 16.0 Å². The highest BCUT2D eigenvalue weighted by atomic mass is 16.6. The minimum atomic E-state index is -1.03. The molecule has 2 saturated carbocycles. The lowest BCUT2D eigenvalue weighted by Crippen LogP contribution is -2.38. The van der Waals surface area contributed by atoms with Gasteiger partial charge in [-0.1, -0.05) is 25.7 Å². The summed E-state index contributed by atoms with van der Waals surface area (Å²) in [6.45, 7) is 17.5. The second-order valence-corrected chi connectivity index (χ2v) is 26.1. The number of nitrogens with zero attached hydrogens (tertiary/aromatic N) is 13. The Morgan fingerprint density at radius 3 is 1.30 bits per heavy atom. The highest BCUT2D eigenvalue weighted by Gasteiger charge is 2.45. The highest BCUT2D eigenvalue weighted by Crippen LogP contribution is 2.38. The van der Waals surface area contributed by atoms with Crippen molar-refractivity contribution in [1.82, 2.24) is 68.9 Å². The van der Waals surface area contributed by atoms with Crippen molar-refractivity contribution in [2.24, 2.45) is 23.7 Å². The molecule has 0 spiro atoms. The van der Waals surface area contributed by atoms with Crippen molar-refractivity contribution in [3.8, 4) is 0 Å². The first kappa shape index (κ1) is 61.6. The molecule has 25 heteroatoms. The van der Waals surface area contributed by atoms with E-state index in [0.29, 0.717) is 84.1 Å². The average molecular weight is 1200 g/mol. The van der Waals surface area contributed by atoms with Crippen LogP contribution >= 0.6 is 0 Å². The maximum absolute atomic E-state index is 13.3. The van der Waals surface area contributed by atoms with E-state index >= 15 is 0 Å². The summed E-state index contributed by atoms with van der Waals surface area (Å²) in [7, 11) is 6.99. The summed E-state index contributed by atoms with van der Waals surface area (Å²) in [5, 5.41) is 20.1. The van der Waals surface area contributed by atoms with E-state index in [1.54, 1.807) is 79.7 Å². The Hall–Kier alpha value is -8.48. The molecule has 87 heavy (non-hydrogen) atoms. The first-order valence-corrected chi connectivity index (χ1v) is 30.2. The summed E-state index contributed by atoms with van der Waals surface area (Å²) in [5.74, 6) is 2.23. The third-order valence-corrected chi connectivity index (χ3v) is 16.7. The van der Waals surface area contributed by atoms with E-state index < -0.39 is 11.6 Å². The molecule has 10 heterocycles. The Labute approximate surface area is 506 Å². The number of aromatic carboxylic acids is 1. The zero-order valence-corrected chi connectivity index (χ0v) is 51.6. The number of anilines is 4. The van der Waals surface area contributed by atoms with Gasteiger partial charge in [0.2, 0.25) is 11.9 Å². The Morgan fingerprint density at radius 2 is 0.931 bits per heavy atom. The second kappa shape index (κ2) is 25.5. The van der Waals surface area contributed by atoms with Gasteiger partial charge in [0, 0.05) is 140 Å². The molecule has 0 aromatic carbocycles. The van der Waals surface area contributed by atoms with E-state index in [2.05, 4.69) is 45.4 Å². The lowest BCUT2D eigenvalue weighted by atomic mass is 10.0. The Kier molecular flexibility index (Phi) is 18.0. The van der Waals surface area contributed by atoms with Gasteiger partial charge in [-0.25, -0.2) is 34.3 Å². The molecule has 4 atom stereocenters. The van der Waals surface area contributed by atoms with Gasteiger partial charge in [-0.3, -0.25) is 14.4 Å². The molecule has 4 aliphatic heterocycles. The second-order valence-electron chi connectivity index (χ2n) is 26.1. The van der Waals surface area contributed by atoms with Crippen LogP contribution in [0.1, 0.15) is 147 Å². The number of carboxylic acids is 1. The van der Waals surface area contributed by atoms with Crippen molar-refractivity contribution < 1.29 is 43.3 Å². The van der Waals surface area contributed by atoms with Gasteiger partial charge in [-0.15, -0.1) is 0 Å². The minimum Gasteiger partial charge on any atom is -0.478 e. The Balaban J connectivity index is 0.000000163. The zero-order valence-electron chi connectivity index (χ0n) is 51.6. The molecular formula is C62H82N16O9. The number of carbonyl (C=O) groups excluding carboxylic acids is 5. The molecule has 6 aliphatic rings. The summed E-state index contributed by atoms with van der Waals surface area (Å²) in [6.07, 6.45) is 14.4. The van der Waals surface area contributed by atoms with Crippen molar-refractivity contribution in [2.45, 2.75) is 116 Å². The number of fused-ring (bicyclic) bond motifs is 4. The number of likely N-dealkylation sites (tertiary alicyclic amines) is 3. The van der Waals surface area contributed by atoms with E-state index in [1.165, 1.54) is 12.3 Å². The SMILES string of the molecule is CC(C)(C)OC(=O)N1CC2CNCC2C1.CN(C)C(=O)c1cc2cnc(Nc3ccc(C(=O)N4CC5CN(C(=O)OC(C)(C)C)CC5C4)cn3)nc2n1C1CCCC1.CN(C)C(=O)c1cc2cnc(Nc3ccc(C(=O)O)cn3)nc2n1C1CCCC1. The fraction of sp³-hybridized carbons (Fsp3) is 0.548. The summed E-state index contributed by atoms with van der Waals surface area (Å²) in [6, 6.07) is 10.7. The molecule has 25 nitrogen and oxygen atoms in total. The third kappa shape index (κ3) is 14.4. The Morgan fingerprint density at radius 1 is 0.540 bits per heavy atom. The topological polar surface area (TPSA) is 281 Å². The molecule has 0 radical (unpaired) electrons. The van der Waals surface area contributed by atoms with Crippen LogP contribution in [0.5, 0.6) is 0 Å². The number of ether oxygens (including phenoxy) is 2. The summed E-state index contributed by atoms with van der Waals surface area (Å²) in [4.78, 5) is 110. The normalized spacial score (nSPS) is 20.1. The van der Waals surface area contributed by atoms with Gasteiger partial charge in [0.25, 0.3) is 17.7 Å². The van der Waals surface area contributed by atoms with E-state index in [4.69, 9.17) is 19.6 Å². The van der Waals surface area contributed by atoms with Crippen molar-refractivity contribution in [3.63, 3.8) is 0 Å². The quantitative estimate of drug-likeness (QED) is 0.1000. The Bertz CT molecular complexity index is 3480. The molecule has 6 aromatic heterocycles. The summed E-state index contributed by atoms with van der Waals surface area (Å²) >= 11 is 0. The van der Waals surface area contributed by atoms with Crippen LogP contribution in [0.4, 0.5) is 33.1 Å². The molecule has 4 saturated heterocycles. The van der Waals surface area contributed by atoms with Crippen LogP contribution in [0, 0.1) is 23.7 Å². The van der Waals surface area contributed by atoms with E-state index in [0.717, 1.165) is 94.0 Å². The number of hydrogen-bond donors (Lipinski definition) is 4. The first-order chi connectivity index (χ1) is 41.4. The number of amides is 5. The molecule has 4 N–H and O–H groups in total. The standard InChI is InChI=1S/C31H40N8O4.C20H22N6O3.C11H20N2O2/c1-31(2,3)43-30(42)38-17-21-15-37(16-22(21)18-38)27(40)19-10-11-25(32-13-19)34-29-33-14-20-12-24(28(41)36(4)5)39(26(20)35-29)23-8-6-7-9-23;1-25(2)18(27)15-9-13-11-22-20(23-16-8-7-12(10-21-16)19(28)29)24-17(13)26(15)14-5-3-4-6-14;1-11(2,3)15-10(14)13-6-8-4-12-5-9(8)7-13/h10-14,21-23H,6-9,15-18H2,1-5H3,(H,32,33,34,35);7-11,14H,3-6H2,1-2H3,(H,28,29)(H,21,22,23,24);8-9,12H,4-7H2,1-3H3. The molecule has 6 fully saturated rings. The molecule has 0 bridgehead atoms. The first-order valence-electron chi connectivity index (χ1n) is 30.2. The van der Waals surface area contributed by atoms with Gasteiger partial charge < -0.3 is 64.2 Å². The number of pyridine rings is 2. The minimum absolute atomic E-state index is 0.0525. The molecule has 12 rings (SSSR count). The van der Waals surface area contributed by atoms with Crippen LogP contribution in [0.25, 0.3) is 22.1 Å². The monoisotopic (exact) mass is 1190 g/mol.